The van der Waals surface area contributed by atoms with Crippen LogP contribution in [0.4, 0.5) is 5.82 Å². The SMILES string of the molecule is NC(N)=Nc1nc(Cc2ccc3c(c2)OCO3)nc2ccc(O)cc12. The van der Waals surface area contributed by atoms with E-state index < -0.39 is 0 Å². The predicted molar refractivity (Wildman–Crippen MR) is 92.0 cm³/mol. The number of fused-ring (bicyclic) bond motifs is 2. The van der Waals surface area contributed by atoms with Crippen LogP contribution in [-0.2, 0) is 6.42 Å². The molecule has 0 radical (unpaired) electrons. The molecule has 3 aromatic rings. The molecular formula is C17H15N5O3. The quantitative estimate of drug-likeness (QED) is 0.488. The Kier molecular flexibility index (Phi) is 3.50. The molecule has 5 N–H and O–H groups in total. The third kappa shape index (κ3) is 2.97. The van der Waals surface area contributed by atoms with Crippen LogP contribution < -0.4 is 20.9 Å². The number of phenols is 1. The average molecular weight is 337 g/mol. The van der Waals surface area contributed by atoms with Gasteiger partial charge in [0.05, 0.1) is 5.52 Å². The molecule has 0 amide bonds. The number of aromatic hydroxyl groups is 1. The van der Waals surface area contributed by atoms with Crippen molar-refractivity contribution in [3.63, 3.8) is 0 Å². The van der Waals surface area contributed by atoms with Gasteiger partial charge in [0.25, 0.3) is 0 Å². The van der Waals surface area contributed by atoms with Gasteiger partial charge in [-0.3, -0.25) is 0 Å². The molecule has 0 saturated heterocycles. The second kappa shape index (κ2) is 5.82. The van der Waals surface area contributed by atoms with E-state index in [-0.39, 0.29) is 18.5 Å². The van der Waals surface area contributed by atoms with Crippen molar-refractivity contribution in [1.82, 2.24) is 9.97 Å². The number of nitrogens with zero attached hydrogens (tertiary/aromatic N) is 3. The molecule has 0 bridgehead atoms. The van der Waals surface area contributed by atoms with Crippen molar-refractivity contribution in [2.24, 2.45) is 16.5 Å². The average Bonchev–Trinajstić information content (AvgIpc) is 3.03. The molecule has 0 unspecified atom stereocenters. The fourth-order valence-corrected chi connectivity index (χ4v) is 2.67. The number of phenolic OH excluding ortho intramolecular Hbond substituents is 1. The lowest BCUT2D eigenvalue weighted by Gasteiger charge is -2.07. The van der Waals surface area contributed by atoms with Gasteiger partial charge in [0.15, 0.2) is 23.3 Å². The fourth-order valence-electron chi connectivity index (χ4n) is 2.67. The van der Waals surface area contributed by atoms with E-state index in [0.717, 1.165) is 11.3 Å². The highest BCUT2D eigenvalue weighted by atomic mass is 16.7. The smallest absolute Gasteiger partial charge is 0.231 e. The van der Waals surface area contributed by atoms with Crippen LogP contribution in [-0.4, -0.2) is 27.8 Å². The highest BCUT2D eigenvalue weighted by Gasteiger charge is 2.15. The molecule has 8 heteroatoms. The maximum Gasteiger partial charge on any atom is 0.231 e. The van der Waals surface area contributed by atoms with Crippen molar-refractivity contribution in [2.45, 2.75) is 6.42 Å². The molecule has 8 nitrogen and oxygen atoms in total. The lowest BCUT2D eigenvalue weighted by atomic mass is 10.1. The number of aliphatic imine (C=N–C) groups is 1. The summed E-state index contributed by atoms with van der Waals surface area (Å²) in [6, 6.07) is 10.5. The molecule has 0 spiro atoms. The molecule has 0 atom stereocenters. The van der Waals surface area contributed by atoms with Crippen LogP contribution in [0.25, 0.3) is 10.9 Å². The number of rotatable bonds is 3. The van der Waals surface area contributed by atoms with Gasteiger partial charge in [0, 0.05) is 11.8 Å². The maximum absolute atomic E-state index is 9.69. The van der Waals surface area contributed by atoms with E-state index >= 15 is 0 Å². The Morgan fingerprint density at radius 2 is 1.92 bits per heavy atom. The second-order valence-electron chi connectivity index (χ2n) is 5.57. The number of nitrogens with two attached hydrogens (primary N) is 2. The third-order valence-corrected chi connectivity index (χ3v) is 3.74. The molecule has 0 fully saturated rings. The normalized spacial score (nSPS) is 12.3. The number of guanidine groups is 1. The third-order valence-electron chi connectivity index (χ3n) is 3.74. The summed E-state index contributed by atoms with van der Waals surface area (Å²) in [5.74, 6) is 2.27. The molecule has 2 aromatic carbocycles. The summed E-state index contributed by atoms with van der Waals surface area (Å²) < 4.78 is 10.7. The highest BCUT2D eigenvalue weighted by molar-refractivity contribution is 5.92. The number of aromatic nitrogens is 2. The van der Waals surface area contributed by atoms with Crippen molar-refractivity contribution in [1.29, 1.82) is 0 Å². The fraction of sp³-hybridized carbons (Fsp3) is 0.118. The van der Waals surface area contributed by atoms with E-state index in [1.807, 2.05) is 18.2 Å². The van der Waals surface area contributed by atoms with E-state index in [1.165, 1.54) is 6.07 Å². The van der Waals surface area contributed by atoms with Gasteiger partial charge in [0.2, 0.25) is 6.79 Å². The standard InChI is InChI=1S/C17H15N5O3/c18-17(19)22-16-11-7-10(23)2-3-12(11)20-15(21-16)6-9-1-4-13-14(5-9)25-8-24-13/h1-5,7,23H,6,8H2,(H4,18,19,20,21,22). The largest absolute Gasteiger partial charge is 0.508 e. The monoisotopic (exact) mass is 337 g/mol. The Morgan fingerprint density at radius 3 is 2.76 bits per heavy atom. The van der Waals surface area contributed by atoms with Crippen molar-refractivity contribution in [3.05, 3.63) is 47.8 Å². The Labute approximate surface area is 142 Å². The van der Waals surface area contributed by atoms with E-state index in [4.69, 9.17) is 20.9 Å². The van der Waals surface area contributed by atoms with Crippen LogP contribution in [0, 0.1) is 0 Å². The van der Waals surface area contributed by atoms with E-state index in [1.54, 1.807) is 12.1 Å². The minimum atomic E-state index is -0.114. The van der Waals surface area contributed by atoms with Gasteiger partial charge in [-0.25, -0.2) is 9.97 Å². The van der Waals surface area contributed by atoms with Crippen LogP contribution in [0.1, 0.15) is 11.4 Å². The Morgan fingerprint density at radius 1 is 1.08 bits per heavy atom. The molecule has 25 heavy (non-hydrogen) atoms. The van der Waals surface area contributed by atoms with Gasteiger partial charge in [0.1, 0.15) is 11.6 Å². The molecule has 2 heterocycles. The first-order chi connectivity index (χ1) is 12.1. The highest BCUT2D eigenvalue weighted by Crippen LogP contribution is 2.33. The van der Waals surface area contributed by atoms with Crippen LogP contribution in [0.5, 0.6) is 17.2 Å². The molecular weight excluding hydrogens is 322 g/mol. The number of benzene rings is 2. The molecule has 126 valence electrons. The molecule has 1 aliphatic heterocycles. The van der Waals surface area contributed by atoms with Crippen LogP contribution in [0.3, 0.4) is 0 Å². The zero-order chi connectivity index (χ0) is 17.4. The molecule has 0 saturated carbocycles. The Balaban J connectivity index is 1.77. The second-order valence-corrected chi connectivity index (χ2v) is 5.57. The minimum Gasteiger partial charge on any atom is -0.508 e. The van der Waals surface area contributed by atoms with Gasteiger partial charge in [-0.1, -0.05) is 6.07 Å². The summed E-state index contributed by atoms with van der Waals surface area (Å²) in [4.78, 5) is 13.0. The summed E-state index contributed by atoms with van der Waals surface area (Å²) in [7, 11) is 0. The first-order valence-electron chi connectivity index (χ1n) is 7.56. The van der Waals surface area contributed by atoms with Gasteiger partial charge in [-0.05, 0) is 35.9 Å². The minimum absolute atomic E-state index is 0.0895. The zero-order valence-electron chi connectivity index (χ0n) is 13.1. The van der Waals surface area contributed by atoms with Crippen molar-refractivity contribution in [2.75, 3.05) is 6.79 Å². The van der Waals surface area contributed by atoms with Crippen molar-refractivity contribution >= 4 is 22.7 Å². The van der Waals surface area contributed by atoms with Crippen LogP contribution in [0.2, 0.25) is 0 Å². The summed E-state index contributed by atoms with van der Waals surface area (Å²) in [5, 5.41) is 10.3. The lowest BCUT2D eigenvalue weighted by molar-refractivity contribution is 0.174. The molecule has 4 rings (SSSR count). The summed E-state index contributed by atoms with van der Waals surface area (Å²) in [6.45, 7) is 0.226. The summed E-state index contributed by atoms with van der Waals surface area (Å²) in [5.41, 5.74) is 12.6. The van der Waals surface area contributed by atoms with E-state index in [2.05, 4.69) is 15.0 Å². The van der Waals surface area contributed by atoms with E-state index in [9.17, 15) is 5.11 Å². The zero-order valence-corrected chi connectivity index (χ0v) is 13.1. The molecule has 1 aliphatic rings. The predicted octanol–water partition coefficient (Wildman–Crippen LogP) is 1.56. The molecule has 0 aliphatic carbocycles. The van der Waals surface area contributed by atoms with Gasteiger partial charge in [-0.15, -0.1) is 0 Å². The first-order valence-corrected chi connectivity index (χ1v) is 7.56. The number of hydrogen-bond acceptors (Lipinski definition) is 6. The summed E-state index contributed by atoms with van der Waals surface area (Å²) in [6.07, 6.45) is 0.473. The number of hydrogen-bond donors (Lipinski definition) is 3. The topological polar surface area (TPSA) is 129 Å². The number of ether oxygens (including phenoxy) is 2. The van der Waals surface area contributed by atoms with Crippen molar-refractivity contribution < 1.29 is 14.6 Å². The van der Waals surface area contributed by atoms with Gasteiger partial charge in [-0.2, -0.15) is 4.99 Å². The Bertz CT molecular complexity index is 999. The lowest BCUT2D eigenvalue weighted by Crippen LogP contribution is -2.22. The van der Waals surface area contributed by atoms with Crippen molar-refractivity contribution in [3.8, 4) is 17.2 Å². The van der Waals surface area contributed by atoms with Crippen LogP contribution in [0.15, 0.2) is 41.4 Å². The summed E-state index contributed by atoms with van der Waals surface area (Å²) >= 11 is 0. The first kappa shape index (κ1) is 15.0. The van der Waals surface area contributed by atoms with Gasteiger partial charge < -0.3 is 26.0 Å². The van der Waals surface area contributed by atoms with E-state index in [0.29, 0.717) is 34.7 Å². The molecule has 1 aromatic heterocycles. The van der Waals surface area contributed by atoms with Gasteiger partial charge >= 0.3 is 0 Å². The maximum atomic E-state index is 9.69. The van der Waals surface area contributed by atoms with Crippen LogP contribution >= 0.6 is 0 Å². The Hall–Kier alpha value is -3.55.